The molecule has 0 radical (unpaired) electrons. The molecule has 2 atom stereocenters. The smallest absolute Gasteiger partial charge is 0.305 e. The molecule has 4 heteroatoms. The SMILES string of the molecule is CCOC(=O)CCC[C@H](O)/C=C/C=C/[C@H](O)Cc1ccccc1. The van der Waals surface area contributed by atoms with E-state index in [4.69, 9.17) is 4.74 Å². The Balaban J connectivity index is 2.22. The molecule has 1 aromatic rings. The van der Waals surface area contributed by atoms with Gasteiger partial charge in [0.05, 0.1) is 18.8 Å². The van der Waals surface area contributed by atoms with Crippen molar-refractivity contribution in [1.29, 1.82) is 0 Å². The number of hydrogen-bond donors (Lipinski definition) is 2. The maximum absolute atomic E-state index is 11.1. The number of hydrogen-bond acceptors (Lipinski definition) is 4. The van der Waals surface area contributed by atoms with Crippen molar-refractivity contribution in [2.45, 2.75) is 44.8 Å². The van der Waals surface area contributed by atoms with E-state index >= 15 is 0 Å². The maximum Gasteiger partial charge on any atom is 0.305 e. The van der Waals surface area contributed by atoms with Crippen molar-refractivity contribution >= 4 is 5.97 Å². The Hall–Kier alpha value is -1.91. The Kier molecular flexibility index (Phi) is 9.68. The first kappa shape index (κ1) is 19.1. The quantitative estimate of drug-likeness (QED) is 0.514. The van der Waals surface area contributed by atoms with Gasteiger partial charge in [-0.25, -0.2) is 0 Å². The van der Waals surface area contributed by atoms with Gasteiger partial charge in [-0.15, -0.1) is 0 Å². The van der Waals surface area contributed by atoms with Crippen LogP contribution in [-0.4, -0.2) is 35.0 Å². The molecule has 1 rings (SSSR count). The summed E-state index contributed by atoms with van der Waals surface area (Å²) in [6.07, 6.45) is 7.61. The van der Waals surface area contributed by atoms with Crippen molar-refractivity contribution in [1.82, 2.24) is 0 Å². The number of rotatable bonds is 10. The molecule has 0 saturated heterocycles. The van der Waals surface area contributed by atoms with Gasteiger partial charge in [-0.1, -0.05) is 54.6 Å². The van der Waals surface area contributed by atoms with Crippen LogP contribution in [0.3, 0.4) is 0 Å². The van der Waals surface area contributed by atoms with Crippen LogP contribution >= 0.6 is 0 Å². The minimum atomic E-state index is -0.597. The lowest BCUT2D eigenvalue weighted by atomic mass is 10.1. The van der Waals surface area contributed by atoms with Crippen LogP contribution in [0.2, 0.25) is 0 Å². The molecule has 0 fully saturated rings. The molecule has 0 amide bonds. The van der Waals surface area contributed by atoms with Crippen LogP contribution in [0.1, 0.15) is 31.7 Å². The highest BCUT2D eigenvalue weighted by molar-refractivity contribution is 5.69. The number of aliphatic hydroxyl groups excluding tert-OH is 2. The molecule has 0 aromatic heterocycles. The summed E-state index contributed by atoms with van der Waals surface area (Å²) >= 11 is 0. The van der Waals surface area contributed by atoms with Gasteiger partial charge < -0.3 is 14.9 Å². The number of esters is 1. The van der Waals surface area contributed by atoms with Gasteiger partial charge in [0, 0.05) is 12.8 Å². The molecule has 0 saturated carbocycles. The van der Waals surface area contributed by atoms with Crippen molar-refractivity contribution in [3.63, 3.8) is 0 Å². The molecule has 0 aliphatic heterocycles. The number of allylic oxidation sites excluding steroid dienone is 2. The van der Waals surface area contributed by atoms with E-state index in [1.54, 1.807) is 31.2 Å². The third-order valence-corrected chi connectivity index (χ3v) is 3.25. The Morgan fingerprint density at radius 1 is 1.13 bits per heavy atom. The second-order valence-corrected chi connectivity index (χ2v) is 5.29. The Morgan fingerprint density at radius 2 is 1.78 bits per heavy atom. The third kappa shape index (κ3) is 9.66. The molecule has 23 heavy (non-hydrogen) atoms. The summed E-state index contributed by atoms with van der Waals surface area (Å²) in [5.74, 6) is -0.229. The highest BCUT2D eigenvalue weighted by atomic mass is 16.5. The van der Waals surface area contributed by atoms with Crippen LogP contribution in [0.25, 0.3) is 0 Å². The Labute approximate surface area is 138 Å². The van der Waals surface area contributed by atoms with E-state index in [1.165, 1.54) is 0 Å². The first-order valence-corrected chi connectivity index (χ1v) is 8.02. The molecule has 0 bridgehead atoms. The van der Waals surface area contributed by atoms with Crippen LogP contribution in [0.4, 0.5) is 0 Å². The fraction of sp³-hybridized carbons (Fsp3) is 0.421. The molecule has 0 spiro atoms. The molecule has 0 aliphatic rings. The predicted molar refractivity (Wildman–Crippen MR) is 90.9 cm³/mol. The lowest BCUT2D eigenvalue weighted by Crippen LogP contribution is -2.07. The van der Waals surface area contributed by atoms with Gasteiger partial charge in [-0.3, -0.25) is 4.79 Å². The van der Waals surface area contributed by atoms with Gasteiger partial charge in [0.25, 0.3) is 0 Å². The minimum Gasteiger partial charge on any atom is -0.466 e. The number of carbonyl (C=O) groups excluding carboxylic acids is 1. The summed E-state index contributed by atoms with van der Waals surface area (Å²) in [5, 5.41) is 19.6. The van der Waals surface area contributed by atoms with E-state index in [9.17, 15) is 15.0 Å². The number of aliphatic hydroxyl groups is 2. The highest BCUT2D eigenvalue weighted by Gasteiger charge is 2.04. The summed E-state index contributed by atoms with van der Waals surface area (Å²) < 4.78 is 4.82. The average molecular weight is 318 g/mol. The minimum absolute atomic E-state index is 0.229. The summed E-state index contributed by atoms with van der Waals surface area (Å²) in [6.45, 7) is 2.16. The predicted octanol–water partition coefficient (Wildman–Crippen LogP) is 2.80. The number of ether oxygens (including phenoxy) is 1. The lowest BCUT2D eigenvalue weighted by Gasteiger charge is -2.05. The van der Waals surface area contributed by atoms with E-state index in [0.29, 0.717) is 32.3 Å². The van der Waals surface area contributed by atoms with Crippen molar-refractivity contribution in [2.24, 2.45) is 0 Å². The summed E-state index contributed by atoms with van der Waals surface area (Å²) in [7, 11) is 0. The van der Waals surface area contributed by atoms with Crippen LogP contribution in [-0.2, 0) is 16.0 Å². The van der Waals surface area contributed by atoms with E-state index in [0.717, 1.165) is 5.56 Å². The third-order valence-electron chi connectivity index (χ3n) is 3.25. The van der Waals surface area contributed by atoms with E-state index in [1.807, 2.05) is 30.3 Å². The Morgan fingerprint density at radius 3 is 2.43 bits per heavy atom. The van der Waals surface area contributed by atoms with Crippen LogP contribution < -0.4 is 0 Å². The molecule has 0 aliphatic carbocycles. The first-order chi connectivity index (χ1) is 11.1. The van der Waals surface area contributed by atoms with E-state index in [2.05, 4.69) is 0 Å². The van der Waals surface area contributed by atoms with Gasteiger partial charge in [0.15, 0.2) is 0 Å². The maximum atomic E-state index is 11.1. The van der Waals surface area contributed by atoms with Crippen LogP contribution in [0.5, 0.6) is 0 Å². The molecule has 126 valence electrons. The van der Waals surface area contributed by atoms with Gasteiger partial charge in [0.1, 0.15) is 0 Å². The largest absolute Gasteiger partial charge is 0.466 e. The fourth-order valence-electron chi connectivity index (χ4n) is 2.09. The van der Waals surface area contributed by atoms with Gasteiger partial charge in [0.2, 0.25) is 0 Å². The first-order valence-electron chi connectivity index (χ1n) is 8.02. The summed E-state index contributed by atoms with van der Waals surface area (Å²) in [5.41, 5.74) is 1.08. The molecule has 0 heterocycles. The van der Waals surface area contributed by atoms with Gasteiger partial charge >= 0.3 is 5.97 Å². The second-order valence-electron chi connectivity index (χ2n) is 5.29. The van der Waals surface area contributed by atoms with Crippen molar-refractivity contribution in [3.05, 3.63) is 60.2 Å². The van der Waals surface area contributed by atoms with Gasteiger partial charge in [-0.2, -0.15) is 0 Å². The zero-order valence-electron chi connectivity index (χ0n) is 13.6. The zero-order valence-corrected chi connectivity index (χ0v) is 13.6. The monoisotopic (exact) mass is 318 g/mol. The van der Waals surface area contributed by atoms with Crippen molar-refractivity contribution in [3.8, 4) is 0 Å². The summed E-state index contributed by atoms with van der Waals surface area (Å²) in [6, 6.07) is 9.77. The molecule has 1 aromatic carbocycles. The standard InChI is InChI=1S/C19H26O4/c1-2-23-19(22)14-8-13-17(20)11-6-7-12-18(21)15-16-9-4-3-5-10-16/h3-7,9-12,17-18,20-21H,2,8,13-15H2,1H3/b11-6+,12-7+/t17-,18+/m1/s1. The fourth-order valence-corrected chi connectivity index (χ4v) is 2.09. The van der Waals surface area contributed by atoms with E-state index in [-0.39, 0.29) is 5.97 Å². The second kappa shape index (κ2) is 11.6. The molecular formula is C19H26O4. The Bertz CT molecular complexity index is 493. The van der Waals surface area contributed by atoms with Crippen molar-refractivity contribution < 1.29 is 19.7 Å². The number of benzene rings is 1. The van der Waals surface area contributed by atoms with E-state index < -0.39 is 12.2 Å². The average Bonchev–Trinajstić information content (AvgIpc) is 2.53. The molecule has 4 nitrogen and oxygen atoms in total. The molecular weight excluding hydrogens is 292 g/mol. The topological polar surface area (TPSA) is 66.8 Å². The summed E-state index contributed by atoms with van der Waals surface area (Å²) in [4.78, 5) is 11.1. The van der Waals surface area contributed by atoms with Gasteiger partial charge in [-0.05, 0) is 25.3 Å². The zero-order chi connectivity index (χ0) is 16.9. The van der Waals surface area contributed by atoms with Crippen molar-refractivity contribution in [2.75, 3.05) is 6.61 Å². The van der Waals surface area contributed by atoms with Crippen LogP contribution in [0.15, 0.2) is 54.6 Å². The molecule has 2 N–H and O–H groups in total. The number of carbonyl (C=O) groups is 1. The lowest BCUT2D eigenvalue weighted by molar-refractivity contribution is -0.143. The highest BCUT2D eigenvalue weighted by Crippen LogP contribution is 2.05. The van der Waals surface area contributed by atoms with Crippen LogP contribution in [0, 0.1) is 0 Å². The normalized spacial score (nSPS) is 14.2. The molecule has 0 unspecified atom stereocenters.